The molecule has 23 heavy (non-hydrogen) atoms. The topological polar surface area (TPSA) is 89.3 Å². The fraction of sp³-hybridized carbons (Fsp3) is 0.357. The molecule has 0 saturated heterocycles. The first-order valence-electron chi connectivity index (χ1n) is 6.90. The van der Waals surface area contributed by atoms with Gasteiger partial charge in [0.1, 0.15) is 17.1 Å². The highest BCUT2D eigenvalue weighted by Gasteiger charge is 2.16. The normalized spacial score (nSPS) is 10.7. The average molecular weight is 326 g/mol. The Morgan fingerprint density at radius 1 is 1.43 bits per heavy atom. The van der Waals surface area contributed by atoms with Crippen LogP contribution in [0.3, 0.4) is 0 Å². The van der Waals surface area contributed by atoms with Crippen molar-refractivity contribution in [3.05, 3.63) is 29.8 Å². The number of hydrogen-bond donors (Lipinski definition) is 2. The van der Waals surface area contributed by atoms with Gasteiger partial charge in [-0.3, -0.25) is 0 Å². The quantitative estimate of drug-likeness (QED) is 0.850. The SMILES string of the molecule is CCc1noc(C)c1NC(=O)Nc1cccnc1OCC(F)F. The lowest BCUT2D eigenvalue weighted by molar-refractivity contribution is 0.0800. The number of anilines is 2. The third kappa shape index (κ3) is 4.38. The van der Waals surface area contributed by atoms with Crippen LogP contribution >= 0.6 is 0 Å². The second-order valence-corrected chi connectivity index (χ2v) is 4.55. The molecule has 0 atom stereocenters. The molecule has 2 aromatic heterocycles. The molecule has 9 heteroatoms. The summed E-state index contributed by atoms with van der Waals surface area (Å²) in [4.78, 5) is 15.9. The molecule has 0 aliphatic heterocycles. The molecule has 2 aromatic rings. The van der Waals surface area contributed by atoms with Crippen LogP contribution in [-0.2, 0) is 6.42 Å². The molecule has 0 spiro atoms. The molecule has 0 fully saturated rings. The maximum atomic E-state index is 12.2. The summed E-state index contributed by atoms with van der Waals surface area (Å²) < 4.78 is 34.3. The minimum atomic E-state index is -2.63. The van der Waals surface area contributed by atoms with Crippen LogP contribution in [0.1, 0.15) is 18.4 Å². The predicted octanol–water partition coefficient (Wildman–Crippen LogP) is 3.23. The van der Waals surface area contributed by atoms with Gasteiger partial charge in [0, 0.05) is 6.20 Å². The zero-order valence-electron chi connectivity index (χ0n) is 12.6. The highest BCUT2D eigenvalue weighted by molar-refractivity contribution is 6.01. The van der Waals surface area contributed by atoms with Crippen molar-refractivity contribution in [2.75, 3.05) is 17.2 Å². The van der Waals surface area contributed by atoms with Crippen LogP contribution < -0.4 is 15.4 Å². The number of pyridine rings is 1. The van der Waals surface area contributed by atoms with Gasteiger partial charge < -0.3 is 19.9 Å². The van der Waals surface area contributed by atoms with Crippen molar-refractivity contribution in [2.45, 2.75) is 26.7 Å². The number of aromatic nitrogens is 2. The van der Waals surface area contributed by atoms with E-state index in [4.69, 9.17) is 9.26 Å². The number of carbonyl (C=O) groups excluding carboxylic acids is 1. The number of ether oxygens (including phenoxy) is 1. The lowest BCUT2D eigenvalue weighted by atomic mass is 10.2. The minimum absolute atomic E-state index is 0.0827. The molecule has 0 saturated carbocycles. The summed E-state index contributed by atoms with van der Waals surface area (Å²) in [5.74, 6) is 0.387. The third-order valence-corrected chi connectivity index (χ3v) is 2.87. The Balaban J connectivity index is 2.07. The number of rotatable bonds is 6. The van der Waals surface area contributed by atoms with Crippen molar-refractivity contribution in [3.63, 3.8) is 0 Å². The summed E-state index contributed by atoms with van der Waals surface area (Å²) in [7, 11) is 0. The van der Waals surface area contributed by atoms with Crippen molar-refractivity contribution >= 4 is 17.4 Å². The van der Waals surface area contributed by atoms with Crippen molar-refractivity contribution in [3.8, 4) is 5.88 Å². The van der Waals surface area contributed by atoms with Gasteiger partial charge in [-0.05, 0) is 25.5 Å². The number of alkyl halides is 2. The lowest BCUT2D eigenvalue weighted by Gasteiger charge is -2.11. The molecule has 2 heterocycles. The van der Waals surface area contributed by atoms with Crippen LogP contribution in [0.15, 0.2) is 22.9 Å². The number of halogens is 2. The molecule has 0 aromatic carbocycles. The van der Waals surface area contributed by atoms with Crippen LogP contribution in [-0.4, -0.2) is 29.2 Å². The second-order valence-electron chi connectivity index (χ2n) is 4.55. The predicted molar refractivity (Wildman–Crippen MR) is 79.0 cm³/mol. The molecule has 2 rings (SSSR count). The smallest absolute Gasteiger partial charge is 0.323 e. The highest BCUT2D eigenvalue weighted by Crippen LogP contribution is 2.23. The molecule has 0 unspecified atom stereocenters. The summed E-state index contributed by atoms with van der Waals surface area (Å²) in [5.41, 5.74) is 1.26. The molecule has 0 aliphatic carbocycles. The molecular formula is C14H16F2N4O3. The molecule has 124 valence electrons. The Kier molecular flexibility index (Phi) is 5.45. The van der Waals surface area contributed by atoms with Gasteiger partial charge in [0.25, 0.3) is 6.43 Å². The Bertz CT molecular complexity index is 676. The van der Waals surface area contributed by atoms with E-state index >= 15 is 0 Å². The fourth-order valence-corrected chi connectivity index (χ4v) is 1.83. The first-order valence-corrected chi connectivity index (χ1v) is 6.90. The second kappa shape index (κ2) is 7.52. The Hall–Kier alpha value is -2.71. The van der Waals surface area contributed by atoms with Crippen LogP contribution in [0.25, 0.3) is 0 Å². The number of amides is 2. The van der Waals surface area contributed by atoms with E-state index in [-0.39, 0.29) is 11.6 Å². The van der Waals surface area contributed by atoms with E-state index in [1.165, 1.54) is 12.3 Å². The number of carbonyl (C=O) groups is 1. The molecule has 7 nitrogen and oxygen atoms in total. The fourth-order valence-electron chi connectivity index (χ4n) is 1.83. The zero-order chi connectivity index (χ0) is 16.8. The van der Waals surface area contributed by atoms with Gasteiger partial charge >= 0.3 is 6.03 Å². The molecule has 2 amide bonds. The molecule has 0 radical (unpaired) electrons. The van der Waals surface area contributed by atoms with Crippen molar-refractivity contribution in [1.29, 1.82) is 0 Å². The maximum absolute atomic E-state index is 12.2. The van der Waals surface area contributed by atoms with Gasteiger partial charge in [-0.25, -0.2) is 18.6 Å². The number of nitrogens with one attached hydrogen (secondary N) is 2. The van der Waals surface area contributed by atoms with Crippen molar-refractivity contribution in [1.82, 2.24) is 10.1 Å². The number of urea groups is 1. The summed E-state index contributed by atoms with van der Waals surface area (Å²) in [5, 5.41) is 8.93. The Labute approximate surface area is 131 Å². The monoisotopic (exact) mass is 326 g/mol. The third-order valence-electron chi connectivity index (χ3n) is 2.87. The molecule has 0 bridgehead atoms. The first-order chi connectivity index (χ1) is 11.0. The number of nitrogens with zero attached hydrogens (tertiary/aromatic N) is 2. The lowest BCUT2D eigenvalue weighted by Crippen LogP contribution is -2.21. The van der Waals surface area contributed by atoms with Gasteiger partial charge in [-0.2, -0.15) is 0 Å². The van der Waals surface area contributed by atoms with E-state index in [2.05, 4.69) is 20.8 Å². The summed E-state index contributed by atoms with van der Waals surface area (Å²) in [6.45, 7) is 2.73. The van der Waals surface area contributed by atoms with Gasteiger partial charge in [0.15, 0.2) is 12.4 Å². The average Bonchev–Trinajstić information content (AvgIpc) is 2.86. The largest absolute Gasteiger partial charge is 0.470 e. The highest BCUT2D eigenvalue weighted by atomic mass is 19.3. The summed E-state index contributed by atoms with van der Waals surface area (Å²) in [6, 6.07) is 2.46. The molecule has 2 N–H and O–H groups in total. The van der Waals surface area contributed by atoms with Crippen LogP contribution in [0.4, 0.5) is 25.0 Å². The minimum Gasteiger partial charge on any atom is -0.470 e. The Morgan fingerprint density at radius 2 is 2.22 bits per heavy atom. The molecule has 0 aliphatic rings. The standard InChI is InChI=1S/C14H16F2N4O3/c1-3-9-12(8(2)23-20-9)19-14(21)18-10-5-4-6-17-13(10)22-7-11(15)16/h4-6,11H,3,7H2,1-2H3,(H2,18,19,21). The Morgan fingerprint density at radius 3 is 2.91 bits per heavy atom. The van der Waals surface area contributed by atoms with Crippen LogP contribution in [0.2, 0.25) is 0 Å². The summed E-state index contributed by atoms with van der Waals surface area (Å²) in [6.07, 6.45) is -0.670. The molecular weight excluding hydrogens is 310 g/mol. The van der Waals surface area contributed by atoms with Gasteiger partial charge in [0.2, 0.25) is 5.88 Å². The maximum Gasteiger partial charge on any atom is 0.323 e. The van der Waals surface area contributed by atoms with E-state index in [0.717, 1.165) is 0 Å². The van der Waals surface area contributed by atoms with Crippen LogP contribution in [0.5, 0.6) is 5.88 Å². The van der Waals surface area contributed by atoms with Crippen molar-refractivity contribution < 1.29 is 22.8 Å². The van der Waals surface area contributed by atoms with E-state index in [9.17, 15) is 13.6 Å². The first kappa shape index (κ1) is 16.7. The van der Waals surface area contributed by atoms with E-state index < -0.39 is 19.1 Å². The van der Waals surface area contributed by atoms with Crippen molar-refractivity contribution in [2.24, 2.45) is 0 Å². The van der Waals surface area contributed by atoms with Gasteiger partial charge in [0.05, 0.1) is 0 Å². The van der Waals surface area contributed by atoms with Crippen LogP contribution in [0, 0.1) is 6.92 Å². The van der Waals surface area contributed by atoms with E-state index in [0.29, 0.717) is 23.6 Å². The summed E-state index contributed by atoms with van der Waals surface area (Å²) >= 11 is 0. The zero-order valence-corrected chi connectivity index (χ0v) is 12.6. The number of aryl methyl sites for hydroxylation is 2. The van der Waals surface area contributed by atoms with Gasteiger partial charge in [-0.1, -0.05) is 12.1 Å². The van der Waals surface area contributed by atoms with Gasteiger partial charge in [-0.15, -0.1) is 0 Å². The van der Waals surface area contributed by atoms with E-state index in [1.54, 1.807) is 13.0 Å². The van der Waals surface area contributed by atoms with E-state index in [1.807, 2.05) is 6.92 Å². The number of hydrogen-bond acceptors (Lipinski definition) is 5.